The first-order chi connectivity index (χ1) is 22.0. The molecule has 10 heteroatoms. The van der Waals surface area contributed by atoms with Crippen molar-refractivity contribution >= 4 is 37.4 Å². The Morgan fingerprint density at radius 2 is 1.76 bits per heavy atom. The van der Waals surface area contributed by atoms with Crippen molar-refractivity contribution < 1.29 is 29.0 Å². The number of ether oxygens (including phenoxy) is 1. The van der Waals surface area contributed by atoms with Gasteiger partial charge >= 0.3 is 0 Å². The zero-order chi connectivity index (χ0) is 32.4. The summed E-state index contributed by atoms with van der Waals surface area (Å²) < 4.78 is 6.89. The fraction of sp³-hybridized carbons (Fsp3) is 0.417. The fourth-order valence-electron chi connectivity index (χ4n) is 8.31. The average Bonchev–Trinajstić information content (AvgIpc) is 3.46. The van der Waals surface area contributed by atoms with Gasteiger partial charge in [0.2, 0.25) is 11.8 Å². The number of aliphatic hydroxyl groups is 1. The number of anilines is 2. The van der Waals surface area contributed by atoms with Gasteiger partial charge in [0.25, 0.3) is 5.91 Å². The van der Waals surface area contributed by atoms with E-state index in [9.17, 15) is 24.3 Å². The molecule has 0 bridgehead atoms. The summed E-state index contributed by atoms with van der Waals surface area (Å²) in [5.41, 5.74) is 3.66. The lowest BCUT2D eigenvalue weighted by atomic mass is 9.82. The molecule has 0 saturated carbocycles. The minimum atomic E-state index is -2.97. The molecule has 5 atom stereocenters. The Hall–Kier alpha value is -3.83. The van der Waals surface area contributed by atoms with Crippen molar-refractivity contribution in [1.29, 1.82) is 0 Å². The third-order valence-electron chi connectivity index (χ3n) is 10.6. The molecule has 0 aromatic heterocycles. The molecule has 2 N–H and O–H groups in total. The highest BCUT2D eigenvalue weighted by Crippen LogP contribution is 2.59. The molecule has 3 amide bonds. The summed E-state index contributed by atoms with van der Waals surface area (Å²) in [6.07, 6.45) is 0.444. The second-order valence-corrected chi connectivity index (χ2v) is 17.7. The Labute approximate surface area is 270 Å². The topological polar surface area (TPSA) is 111 Å². The Kier molecular flexibility index (Phi) is 7.67. The Bertz CT molecular complexity index is 1710. The average molecular weight is 640 g/mol. The smallest absolute Gasteiger partial charge is 0.264 e. The van der Waals surface area contributed by atoms with Crippen molar-refractivity contribution in [2.75, 3.05) is 23.0 Å². The lowest BCUT2D eigenvalue weighted by Crippen LogP contribution is -2.48. The predicted molar refractivity (Wildman–Crippen MR) is 176 cm³/mol. The minimum Gasteiger partial charge on any atom is -0.432 e. The number of nitrogens with zero attached hydrogens (tertiary/aromatic N) is 3. The van der Waals surface area contributed by atoms with E-state index in [4.69, 9.17) is 4.74 Å². The quantitative estimate of drug-likeness (QED) is 0.298. The molecule has 2 fully saturated rings. The summed E-state index contributed by atoms with van der Waals surface area (Å²) in [5.74, 6) is -0.659. The van der Waals surface area contributed by atoms with Crippen LogP contribution in [-0.2, 0) is 44.2 Å². The van der Waals surface area contributed by atoms with Crippen LogP contribution in [0.3, 0.4) is 0 Å². The normalized spacial score (nSPS) is 27.2. The molecular formula is C36H41N3O6Si. The summed E-state index contributed by atoms with van der Waals surface area (Å²) >= 11 is 0. The molecule has 2 saturated heterocycles. The molecule has 0 unspecified atom stereocenters. The standard InChI is InChI=1S/C36H41N3O6Si/c1-23-34(46(2,3)44)31(19-33(42)38-21-26-11-5-4-10-25(26)18-28(38)22-40)45-36(23)29-13-6-7-14-30(29)39(35(36)43)20-24-9-8-12-27(17-24)37-16-15-32(37)41/h4-14,17,23,28,31,34,40,44H,15-16,18-22H2,1-3H3/t23-,28+,31+,34-,36+/m1/s1. The zero-order valence-electron chi connectivity index (χ0n) is 26.6. The summed E-state index contributed by atoms with van der Waals surface area (Å²) in [7, 11) is -2.97. The van der Waals surface area contributed by atoms with Crippen LogP contribution in [-0.4, -0.2) is 66.1 Å². The number of hydrogen-bond acceptors (Lipinski definition) is 6. The zero-order valence-corrected chi connectivity index (χ0v) is 27.6. The molecule has 0 radical (unpaired) electrons. The highest BCUT2D eigenvalue weighted by molar-refractivity contribution is 6.71. The van der Waals surface area contributed by atoms with Crippen molar-refractivity contribution in [1.82, 2.24) is 4.90 Å². The summed E-state index contributed by atoms with van der Waals surface area (Å²) in [5, 5.41) is 10.2. The number of fused-ring (bicyclic) bond motifs is 3. The molecule has 3 aromatic rings. The van der Waals surface area contributed by atoms with Crippen molar-refractivity contribution in [3.05, 3.63) is 95.1 Å². The summed E-state index contributed by atoms with van der Waals surface area (Å²) in [4.78, 5) is 57.7. The molecule has 240 valence electrons. The molecule has 9 nitrogen and oxygen atoms in total. The molecule has 1 spiro atoms. The Morgan fingerprint density at radius 1 is 1.02 bits per heavy atom. The minimum absolute atomic E-state index is 0.00771. The number of β-lactam (4-membered cyclic amide) rings is 1. The van der Waals surface area contributed by atoms with Gasteiger partial charge in [0.05, 0.1) is 37.4 Å². The van der Waals surface area contributed by atoms with Gasteiger partial charge in [0, 0.05) is 42.2 Å². The number of carbonyl (C=O) groups is 3. The first kappa shape index (κ1) is 30.8. The molecular weight excluding hydrogens is 598 g/mol. The number of amides is 3. The third-order valence-corrected chi connectivity index (χ3v) is 13.1. The Morgan fingerprint density at radius 3 is 2.46 bits per heavy atom. The van der Waals surface area contributed by atoms with Gasteiger partial charge in [-0.3, -0.25) is 14.4 Å². The lowest BCUT2D eigenvalue weighted by molar-refractivity contribution is -0.151. The maximum Gasteiger partial charge on any atom is 0.264 e. The van der Waals surface area contributed by atoms with E-state index in [2.05, 4.69) is 0 Å². The van der Waals surface area contributed by atoms with E-state index >= 15 is 0 Å². The predicted octanol–water partition coefficient (Wildman–Crippen LogP) is 4.10. The van der Waals surface area contributed by atoms with Gasteiger partial charge in [-0.25, -0.2) is 0 Å². The largest absolute Gasteiger partial charge is 0.432 e. The van der Waals surface area contributed by atoms with Gasteiger partial charge in [0.15, 0.2) is 13.9 Å². The Balaban J connectivity index is 1.20. The lowest BCUT2D eigenvalue weighted by Gasteiger charge is -2.37. The first-order valence-electron chi connectivity index (χ1n) is 16.2. The molecule has 46 heavy (non-hydrogen) atoms. The van der Waals surface area contributed by atoms with Gasteiger partial charge in [-0.2, -0.15) is 0 Å². The first-order valence-corrected chi connectivity index (χ1v) is 19.2. The SMILES string of the molecule is C[C@@H]1[C@@H]([Si](C)(C)O)[C@H](CC(=O)N2Cc3ccccc3C[C@H]2CO)O[C@@]12C(=O)N(Cc1cccc(N3CCC3=O)c1)c1ccccc12. The number of para-hydroxylation sites is 1. The molecule has 4 heterocycles. The van der Waals surface area contributed by atoms with Crippen LogP contribution in [0.1, 0.15) is 42.0 Å². The maximum atomic E-state index is 14.7. The van der Waals surface area contributed by atoms with E-state index in [0.717, 1.165) is 33.6 Å². The summed E-state index contributed by atoms with van der Waals surface area (Å²) in [6, 6.07) is 23.0. The second-order valence-electron chi connectivity index (χ2n) is 13.8. The molecule has 7 rings (SSSR count). The number of carbonyl (C=O) groups excluding carboxylic acids is 3. The number of hydrogen-bond donors (Lipinski definition) is 2. The molecule has 4 aliphatic rings. The highest BCUT2D eigenvalue weighted by atomic mass is 28.4. The van der Waals surface area contributed by atoms with Gasteiger partial charge < -0.3 is 29.3 Å². The van der Waals surface area contributed by atoms with Crippen molar-refractivity contribution in [2.24, 2.45) is 5.92 Å². The van der Waals surface area contributed by atoms with E-state index in [1.54, 1.807) is 14.7 Å². The highest BCUT2D eigenvalue weighted by Gasteiger charge is 2.66. The van der Waals surface area contributed by atoms with Gasteiger partial charge in [-0.1, -0.05) is 61.5 Å². The van der Waals surface area contributed by atoms with Gasteiger partial charge in [-0.15, -0.1) is 0 Å². The van der Waals surface area contributed by atoms with Crippen LogP contribution in [0.25, 0.3) is 0 Å². The van der Waals surface area contributed by atoms with Crippen LogP contribution in [0.4, 0.5) is 11.4 Å². The fourth-order valence-corrected chi connectivity index (χ4v) is 10.9. The second kappa shape index (κ2) is 11.4. The van der Waals surface area contributed by atoms with E-state index in [1.165, 1.54) is 0 Å². The van der Waals surface area contributed by atoms with E-state index in [0.29, 0.717) is 32.5 Å². The van der Waals surface area contributed by atoms with E-state index < -0.39 is 25.9 Å². The van der Waals surface area contributed by atoms with E-state index in [-0.39, 0.29) is 42.3 Å². The van der Waals surface area contributed by atoms with Crippen LogP contribution in [0.5, 0.6) is 0 Å². The van der Waals surface area contributed by atoms with Crippen molar-refractivity contribution in [3.63, 3.8) is 0 Å². The summed E-state index contributed by atoms with van der Waals surface area (Å²) in [6.45, 7) is 6.92. The number of benzene rings is 3. The van der Waals surface area contributed by atoms with Crippen LogP contribution in [0.15, 0.2) is 72.8 Å². The monoisotopic (exact) mass is 639 g/mol. The van der Waals surface area contributed by atoms with Gasteiger partial charge in [-0.05, 0) is 54.4 Å². The van der Waals surface area contributed by atoms with Crippen molar-refractivity contribution in [3.8, 4) is 0 Å². The van der Waals surface area contributed by atoms with Crippen LogP contribution < -0.4 is 9.80 Å². The van der Waals surface area contributed by atoms with Gasteiger partial charge in [0.1, 0.15) is 0 Å². The van der Waals surface area contributed by atoms with Crippen LogP contribution >= 0.6 is 0 Å². The van der Waals surface area contributed by atoms with Crippen molar-refractivity contribution in [2.45, 2.75) is 75.7 Å². The number of aliphatic hydroxyl groups excluding tert-OH is 1. The molecule has 4 aliphatic heterocycles. The number of rotatable bonds is 7. The van der Waals surface area contributed by atoms with Crippen LogP contribution in [0, 0.1) is 5.92 Å². The van der Waals surface area contributed by atoms with Crippen LogP contribution in [0.2, 0.25) is 18.6 Å². The third kappa shape index (κ3) is 4.90. The van der Waals surface area contributed by atoms with E-state index in [1.807, 2.05) is 92.8 Å². The maximum absolute atomic E-state index is 14.7. The molecule has 0 aliphatic carbocycles. The molecule has 3 aromatic carbocycles.